The number of likely N-dealkylation sites (tertiary alicyclic amines) is 1. The van der Waals surface area contributed by atoms with Crippen LogP contribution in [0.15, 0.2) is 40.3 Å². The van der Waals surface area contributed by atoms with Crippen molar-refractivity contribution in [3.05, 3.63) is 40.9 Å². The van der Waals surface area contributed by atoms with Crippen LogP contribution in [0, 0.1) is 0 Å². The number of hydrogen-bond donors (Lipinski definition) is 1. The smallest absolute Gasteiger partial charge is 0.257 e. The summed E-state index contributed by atoms with van der Waals surface area (Å²) in [4.78, 5) is 26.9. The Labute approximate surface area is 122 Å². The lowest BCUT2D eigenvalue weighted by Crippen LogP contribution is -2.35. The van der Waals surface area contributed by atoms with Crippen LogP contribution in [0.4, 0.5) is 0 Å². The van der Waals surface area contributed by atoms with Crippen molar-refractivity contribution in [3.63, 3.8) is 0 Å². The number of rotatable bonds is 1. The molecule has 0 bridgehead atoms. The molecule has 1 saturated heterocycles. The van der Waals surface area contributed by atoms with Gasteiger partial charge in [-0.25, -0.2) is 0 Å². The summed E-state index contributed by atoms with van der Waals surface area (Å²) < 4.78 is 0. The molecule has 1 fully saturated rings. The maximum Gasteiger partial charge on any atom is 0.257 e. The molecule has 5 heteroatoms. The molecule has 0 aliphatic carbocycles. The fourth-order valence-electron chi connectivity index (χ4n) is 2.45. The van der Waals surface area contributed by atoms with Crippen LogP contribution >= 0.6 is 11.8 Å². The molecule has 2 amide bonds. The maximum atomic E-state index is 12.2. The zero-order valence-corrected chi connectivity index (χ0v) is 11.9. The van der Waals surface area contributed by atoms with Gasteiger partial charge in [-0.3, -0.25) is 9.59 Å². The van der Waals surface area contributed by atoms with Crippen LogP contribution < -0.4 is 5.32 Å². The predicted octanol–water partition coefficient (Wildman–Crippen LogP) is 2.38. The van der Waals surface area contributed by atoms with Crippen molar-refractivity contribution in [1.82, 2.24) is 10.2 Å². The second-order valence-corrected chi connectivity index (χ2v) is 6.03. The Balaban J connectivity index is 1.77. The van der Waals surface area contributed by atoms with Gasteiger partial charge in [-0.2, -0.15) is 0 Å². The molecule has 0 radical (unpaired) electrons. The van der Waals surface area contributed by atoms with E-state index in [-0.39, 0.29) is 11.8 Å². The number of thioether (sulfide) groups is 1. The molecule has 0 unspecified atom stereocenters. The summed E-state index contributed by atoms with van der Waals surface area (Å²) in [5.74, 6) is -0.149. The van der Waals surface area contributed by atoms with Crippen LogP contribution in [-0.4, -0.2) is 29.8 Å². The van der Waals surface area contributed by atoms with E-state index < -0.39 is 0 Å². The average molecular weight is 288 g/mol. The molecule has 104 valence electrons. The van der Waals surface area contributed by atoms with Crippen molar-refractivity contribution in [2.45, 2.75) is 24.2 Å². The first-order valence-corrected chi connectivity index (χ1v) is 7.64. The quantitative estimate of drug-likeness (QED) is 0.807. The van der Waals surface area contributed by atoms with Gasteiger partial charge >= 0.3 is 0 Å². The van der Waals surface area contributed by atoms with Gasteiger partial charge in [-0.1, -0.05) is 23.9 Å². The average Bonchev–Trinajstić information content (AvgIpc) is 2.48. The SMILES string of the molecule is O=C1NC(=CC(=O)N2CCCCC2)Sc2ccccc21. The minimum absolute atomic E-state index is 0.00752. The number of piperidine rings is 1. The summed E-state index contributed by atoms with van der Waals surface area (Å²) >= 11 is 1.43. The molecule has 1 N–H and O–H groups in total. The molecule has 4 nitrogen and oxygen atoms in total. The third-order valence-electron chi connectivity index (χ3n) is 3.51. The lowest BCUT2D eigenvalue weighted by molar-refractivity contribution is -0.126. The molecule has 0 saturated carbocycles. The standard InChI is InChI=1S/C15H16N2O2S/c18-14(17-8-4-1-5-9-17)10-13-16-15(19)11-6-2-3-7-12(11)20-13/h2-3,6-7,10H,1,4-5,8-9H2,(H,16,19). The van der Waals surface area contributed by atoms with Crippen LogP contribution in [0.3, 0.4) is 0 Å². The second kappa shape index (κ2) is 5.71. The van der Waals surface area contributed by atoms with Gasteiger partial charge in [0.25, 0.3) is 5.91 Å². The van der Waals surface area contributed by atoms with Crippen molar-refractivity contribution >= 4 is 23.6 Å². The number of amides is 2. The summed E-state index contributed by atoms with van der Waals surface area (Å²) in [6.45, 7) is 1.63. The van der Waals surface area contributed by atoms with Gasteiger partial charge in [0.15, 0.2) is 0 Å². The first-order chi connectivity index (χ1) is 9.74. The fourth-order valence-corrected chi connectivity index (χ4v) is 3.41. The van der Waals surface area contributed by atoms with Gasteiger partial charge in [0, 0.05) is 24.1 Å². The van der Waals surface area contributed by atoms with E-state index in [1.165, 1.54) is 18.2 Å². The highest BCUT2D eigenvalue weighted by atomic mass is 32.2. The molecule has 0 aromatic heterocycles. The lowest BCUT2D eigenvalue weighted by atomic mass is 10.1. The largest absolute Gasteiger partial charge is 0.339 e. The fraction of sp³-hybridized carbons (Fsp3) is 0.333. The Morgan fingerprint density at radius 2 is 1.95 bits per heavy atom. The number of nitrogens with zero attached hydrogens (tertiary/aromatic N) is 1. The molecule has 0 spiro atoms. The van der Waals surface area contributed by atoms with E-state index in [9.17, 15) is 9.59 Å². The molecule has 2 aliphatic rings. The van der Waals surface area contributed by atoms with Gasteiger partial charge in [0.05, 0.1) is 10.6 Å². The summed E-state index contributed by atoms with van der Waals surface area (Å²) in [6, 6.07) is 7.43. The third kappa shape index (κ3) is 2.72. The van der Waals surface area contributed by atoms with E-state index in [2.05, 4.69) is 5.32 Å². The van der Waals surface area contributed by atoms with E-state index in [1.807, 2.05) is 23.1 Å². The lowest BCUT2D eigenvalue weighted by Gasteiger charge is -2.26. The molecule has 3 rings (SSSR count). The van der Waals surface area contributed by atoms with E-state index in [1.54, 1.807) is 12.1 Å². The highest BCUT2D eigenvalue weighted by molar-refractivity contribution is 8.03. The van der Waals surface area contributed by atoms with Crippen LogP contribution in [0.25, 0.3) is 0 Å². The van der Waals surface area contributed by atoms with Crippen molar-refractivity contribution in [3.8, 4) is 0 Å². The number of hydrogen-bond acceptors (Lipinski definition) is 3. The molecular weight excluding hydrogens is 272 g/mol. The minimum Gasteiger partial charge on any atom is -0.339 e. The Bertz CT molecular complexity index is 577. The van der Waals surface area contributed by atoms with E-state index >= 15 is 0 Å². The topological polar surface area (TPSA) is 49.4 Å². The Kier molecular flexibility index (Phi) is 3.78. The van der Waals surface area contributed by atoms with Crippen LogP contribution in [0.1, 0.15) is 29.6 Å². The van der Waals surface area contributed by atoms with E-state index in [0.29, 0.717) is 10.6 Å². The highest BCUT2D eigenvalue weighted by Crippen LogP contribution is 2.32. The molecule has 1 aromatic rings. The van der Waals surface area contributed by atoms with Crippen molar-refractivity contribution in [2.24, 2.45) is 0 Å². The number of benzene rings is 1. The Morgan fingerprint density at radius 1 is 1.20 bits per heavy atom. The van der Waals surface area contributed by atoms with Crippen molar-refractivity contribution < 1.29 is 9.59 Å². The number of carbonyl (C=O) groups excluding carboxylic acids is 2. The van der Waals surface area contributed by atoms with Gasteiger partial charge in [0.2, 0.25) is 5.91 Å². The minimum atomic E-state index is -0.142. The molecular formula is C15H16N2O2S. The van der Waals surface area contributed by atoms with Crippen LogP contribution in [0.5, 0.6) is 0 Å². The molecule has 0 atom stereocenters. The monoisotopic (exact) mass is 288 g/mol. The maximum absolute atomic E-state index is 12.2. The zero-order chi connectivity index (χ0) is 13.9. The molecule has 20 heavy (non-hydrogen) atoms. The first-order valence-electron chi connectivity index (χ1n) is 6.83. The Hall–Kier alpha value is -1.75. The molecule has 2 heterocycles. The van der Waals surface area contributed by atoms with Gasteiger partial charge < -0.3 is 10.2 Å². The summed E-state index contributed by atoms with van der Waals surface area (Å²) in [6.07, 6.45) is 4.87. The zero-order valence-electron chi connectivity index (χ0n) is 11.1. The second-order valence-electron chi connectivity index (χ2n) is 4.95. The number of nitrogens with one attached hydrogen (secondary N) is 1. The van der Waals surface area contributed by atoms with Crippen LogP contribution in [-0.2, 0) is 4.79 Å². The molecule has 2 aliphatic heterocycles. The highest BCUT2D eigenvalue weighted by Gasteiger charge is 2.22. The van der Waals surface area contributed by atoms with E-state index in [4.69, 9.17) is 0 Å². The Morgan fingerprint density at radius 3 is 2.75 bits per heavy atom. The third-order valence-corrected chi connectivity index (χ3v) is 4.53. The summed E-state index contributed by atoms with van der Waals surface area (Å²) in [7, 11) is 0. The van der Waals surface area contributed by atoms with Crippen molar-refractivity contribution in [1.29, 1.82) is 0 Å². The first kappa shape index (κ1) is 13.2. The van der Waals surface area contributed by atoms with Gasteiger partial charge in [0.1, 0.15) is 0 Å². The summed E-state index contributed by atoms with van der Waals surface area (Å²) in [5.41, 5.74) is 0.667. The normalized spacial score (nSPS) is 20.5. The summed E-state index contributed by atoms with van der Waals surface area (Å²) in [5, 5.41) is 3.40. The predicted molar refractivity (Wildman–Crippen MR) is 78.3 cm³/mol. The van der Waals surface area contributed by atoms with Gasteiger partial charge in [-0.15, -0.1) is 0 Å². The number of fused-ring (bicyclic) bond motifs is 1. The van der Waals surface area contributed by atoms with Crippen LogP contribution in [0.2, 0.25) is 0 Å². The number of carbonyl (C=O) groups is 2. The van der Waals surface area contributed by atoms with E-state index in [0.717, 1.165) is 30.8 Å². The van der Waals surface area contributed by atoms with Gasteiger partial charge in [-0.05, 0) is 31.4 Å². The van der Waals surface area contributed by atoms with Crippen molar-refractivity contribution in [2.75, 3.05) is 13.1 Å². The molecule has 1 aromatic carbocycles.